The summed E-state index contributed by atoms with van der Waals surface area (Å²) < 4.78 is 12.8. The zero-order chi connectivity index (χ0) is 19.7. The summed E-state index contributed by atoms with van der Waals surface area (Å²) >= 11 is 8.80. The van der Waals surface area contributed by atoms with Gasteiger partial charge in [0.05, 0.1) is 23.2 Å². The van der Waals surface area contributed by atoms with E-state index < -0.39 is 4.75 Å². The van der Waals surface area contributed by atoms with E-state index in [0.29, 0.717) is 37.7 Å². The first kappa shape index (κ1) is 20.4. The van der Waals surface area contributed by atoms with Gasteiger partial charge in [-0.05, 0) is 46.6 Å². The highest BCUT2D eigenvalue weighted by Crippen LogP contribution is 2.46. The number of benzene rings is 2. The lowest BCUT2D eigenvalue weighted by molar-refractivity contribution is 0.0287. The molecule has 2 aliphatic heterocycles. The van der Waals surface area contributed by atoms with Crippen molar-refractivity contribution in [1.82, 2.24) is 4.90 Å². The van der Waals surface area contributed by atoms with Crippen molar-refractivity contribution in [1.29, 1.82) is 0 Å². The number of thioether (sulfide) groups is 1. The van der Waals surface area contributed by atoms with Gasteiger partial charge in [0.1, 0.15) is 17.1 Å². The Balaban J connectivity index is 1.74. The number of carbonyl (C=O) groups excluding carboxylic acids is 1. The highest BCUT2D eigenvalue weighted by atomic mass is 79.9. The third kappa shape index (κ3) is 3.92. The van der Waals surface area contributed by atoms with Crippen LogP contribution < -0.4 is 4.74 Å². The summed E-state index contributed by atoms with van der Waals surface area (Å²) in [5.41, 5.74) is 1.66. The molecule has 1 atom stereocenters. The highest BCUT2D eigenvalue weighted by molar-refractivity contribution is 9.11. The second-order valence-electron chi connectivity index (χ2n) is 7.09. The molecule has 4 rings (SSSR count). The van der Waals surface area contributed by atoms with Gasteiger partial charge in [-0.1, -0.05) is 34.1 Å². The Hall–Kier alpha value is -0.860. The number of ketones is 1. The van der Waals surface area contributed by atoms with Crippen molar-refractivity contribution in [2.24, 2.45) is 0 Å². The maximum Gasteiger partial charge on any atom is 0.187 e. The molecule has 2 aliphatic rings. The van der Waals surface area contributed by atoms with E-state index in [1.807, 2.05) is 31.2 Å². The molecule has 1 fully saturated rings. The van der Waals surface area contributed by atoms with E-state index in [0.717, 1.165) is 32.5 Å². The Bertz CT molecular complexity index is 887. The summed E-state index contributed by atoms with van der Waals surface area (Å²) in [6.07, 6.45) is 0. The average molecular weight is 527 g/mol. The average Bonchev–Trinajstić information content (AvgIpc) is 2.71. The molecule has 0 bridgehead atoms. The molecule has 2 aromatic rings. The number of halogens is 2. The van der Waals surface area contributed by atoms with Gasteiger partial charge in [0, 0.05) is 29.0 Å². The van der Waals surface area contributed by atoms with Gasteiger partial charge in [-0.2, -0.15) is 0 Å². The van der Waals surface area contributed by atoms with Gasteiger partial charge >= 0.3 is 0 Å². The Morgan fingerprint density at radius 2 is 1.89 bits per heavy atom. The SMILES string of the molecule is Cc1c(Br)cc2c(c1Br)OC[C@@](CN1CCOCC1)(Sc1ccccc1)C2=O. The summed E-state index contributed by atoms with van der Waals surface area (Å²) in [7, 11) is 0. The van der Waals surface area contributed by atoms with E-state index in [9.17, 15) is 4.79 Å². The van der Waals surface area contributed by atoms with Crippen LogP contribution in [0.15, 0.2) is 50.2 Å². The van der Waals surface area contributed by atoms with Gasteiger partial charge in [-0.15, -0.1) is 11.8 Å². The molecule has 2 aromatic carbocycles. The first-order chi connectivity index (χ1) is 13.5. The summed E-state index contributed by atoms with van der Waals surface area (Å²) in [5.74, 6) is 0.771. The molecule has 28 heavy (non-hydrogen) atoms. The number of hydrogen-bond acceptors (Lipinski definition) is 5. The van der Waals surface area contributed by atoms with Crippen molar-refractivity contribution in [3.8, 4) is 5.75 Å². The topological polar surface area (TPSA) is 38.8 Å². The molecule has 0 spiro atoms. The Morgan fingerprint density at radius 1 is 1.18 bits per heavy atom. The maximum absolute atomic E-state index is 13.8. The summed E-state index contributed by atoms with van der Waals surface area (Å²) in [4.78, 5) is 17.2. The van der Waals surface area contributed by atoms with Crippen molar-refractivity contribution >= 4 is 49.4 Å². The second-order valence-corrected chi connectivity index (χ2v) is 10.2. The van der Waals surface area contributed by atoms with Gasteiger partial charge in [0.15, 0.2) is 5.78 Å². The molecular formula is C21H21Br2NO3S. The van der Waals surface area contributed by atoms with Crippen LogP contribution >= 0.6 is 43.6 Å². The fourth-order valence-corrected chi connectivity index (χ4v) is 6.11. The van der Waals surface area contributed by atoms with Crippen LogP contribution in [-0.4, -0.2) is 54.9 Å². The molecule has 0 N–H and O–H groups in total. The molecule has 2 heterocycles. The first-order valence-electron chi connectivity index (χ1n) is 9.20. The molecule has 0 unspecified atom stereocenters. The summed E-state index contributed by atoms with van der Waals surface area (Å²) in [6.45, 7) is 6.04. The number of nitrogens with zero attached hydrogens (tertiary/aromatic N) is 1. The molecule has 0 amide bonds. The fourth-order valence-electron chi connectivity index (χ4n) is 3.56. The lowest BCUT2D eigenvalue weighted by Gasteiger charge is -2.40. The third-order valence-electron chi connectivity index (χ3n) is 5.15. The van der Waals surface area contributed by atoms with E-state index >= 15 is 0 Å². The molecule has 148 valence electrons. The number of rotatable bonds is 4. The highest BCUT2D eigenvalue weighted by Gasteiger charge is 2.47. The van der Waals surface area contributed by atoms with Crippen molar-refractivity contribution in [3.05, 3.63) is 56.5 Å². The molecule has 0 radical (unpaired) electrons. The van der Waals surface area contributed by atoms with E-state index in [-0.39, 0.29) is 5.78 Å². The molecular weight excluding hydrogens is 506 g/mol. The van der Waals surface area contributed by atoms with E-state index in [1.54, 1.807) is 11.8 Å². The van der Waals surface area contributed by atoms with Gasteiger partial charge in [-0.3, -0.25) is 9.69 Å². The lowest BCUT2D eigenvalue weighted by atomic mass is 9.92. The minimum atomic E-state index is -0.695. The predicted octanol–water partition coefficient (Wildman–Crippen LogP) is 4.96. The summed E-state index contributed by atoms with van der Waals surface area (Å²) in [5, 5.41) is 0. The van der Waals surface area contributed by atoms with Gasteiger partial charge < -0.3 is 9.47 Å². The van der Waals surface area contributed by atoms with Crippen LogP contribution in [0.3, 0.4) is 0 Å². The second kappa shape index (κ2) is 8.48. The number of Topliss-reactive ketones (excluding diaryl/α,β-unsaturated/α-hetero) is 1. The maximum atomic E-state index is 13.8. The first-order valence-corrected chi connectivity index (χ1v) is 11.6. The van der Waals surface area contributed by atoms with Crippen LogP contribution in [-0.2, 0) is 4.74 Å². The molecule has 0 aliphatic carbocycles. The number of carbonyl (C=O) groups is 1. The normalized spacial score (nSPS) is 22.6. The van der Waals surface area contributed by atoms with Gasteiger partial charge in [0.2, 0.25) is 0 Å². The van der Waals surface area contributed by atoms with Crippen molar-refractivity contribution in [2.75, 3.05) is 39.5 Å². The van der Waals surface area contributed by atoms with E-state index in [4.69, 9.17) is 9.47 Å². The molecule has 7 heteroatoms. The lowest BCUT2D eigenvalue weighted by Crippen LogP contribution is -2.54. The van der Waals surface area contributed by atoms with Gasteiger partial charge in [0.25, 0.3) is 0 Å². The molecule has 0 saturated carbocycles. The van der Waals surface area contributed by atoms with Crippen LogP contribution in [0.5, 0.6) is 5.75 Å². The quantitative estimate of drug-likeness (QED) is 0.563. The van der Waals surface area contributed by atoms with Crippen LogP contribution in [0.4, 0.5) is 0 Å². The number of ether oxygens (including phenoxy) is 2. The van der Waals surface area contributed by atoms with Crippen molar-refractivity contribution in [2.45, 2.75) is 16.6 Å². The Labute approximate surface area is 186 Å². The fraction of sp³-hybridized carbons (Fsp3) is 0.381. The Morgan fingerprint density at radius 3 is 2.61 bits per heavy atom. The minimum Gasteiger partial charge on any atom is -0.490 e. The minimum absolute atomic E-state index is 0.121. The molecule has 1 saturated heterocycles. The van der Waals surface area contributed by atoms with Crippen molar-refractivity contribution < 1.29 is 14.3 Å². The molecule has 4 nitrogen and oxygen atoms in total. The van der Waals surface area contributed by atoms with E-state index in [2.05, 4.69) is 48.9 Å². The van der Waals surface area contributed by atoms with Gasteiger partial charge in [-0.25, -0.2) is 0 Å². The standard InChI is InChI=1S/C21H21Br2NO3S/c1-14-17(22)11-16-19(18(14)23)27-13-21(20(16)25,12-24-7-9-26-10-8-24)28-15-5-3-2-4-6-15/h2-6,11H,7-10,12-13H2,1H3/t21-/m1/s1. The van der Waals surface area contributed by atoms with Crippen LogP contribution in [0.25, 0.3) is 0 Å². The third-order valence-corrected chi connectivity index (χ3v) is 8.26. The monoisotopic (exact) mass is 525 g/mol. The predicted molar refractivity (Wildman–Crippen MR) is 119 cm³/mol. The molecule has 0 aromatic heterocycles. The van der Waals surface area contributed by atoms with Crippen molar-refractivity contribution in [3.63, 3.8) is 0 Å². The van der Waals surface area contributed by atoms with Crippen LogP contribution in [0.1, 0.15) is 15.9 Å². The number of fused-ring (bicyclic) bond motifs is 1. The zero-order valence-corrected chi connectivity index (χ0v) is 19.5. The number of morpholine rings is 1. The summed E-state index contributed by atoms with van der Waals surface area (Å²) in [6, 6.07) is 12.0. The van der Waals surface area contributed by atoms with Crippen LogP contribution in [0.2, 0.25) is 0 Å². The zero-order valence-electron chi connectivity index (χ0n) is 15.5. The Kier molecular flexibility index (Phi) is 6.18. The smallest absolute Gasteiger partial charge is 0.187 e. The number of hydrogen-bond donors (Lipinski definition) is 0. The van der Waals surface area contributed by atoms with E-state index in [1.165, 1.54) is 0 Å². The largest absolute Gasteiger partial charge is 0.490 e. The van der Waals surface area contributed by atoms with Crippen LogP contribution in [0, 0.1) is 6.92 Å².